The van der Waals surface area contributed by atoms with E-state index >= 15 is 0 Å². The van der Waals surface area contributed by atoms with E-state index in [9.17, 15) is 14.7 Å². The summed E-state index contributed by atoms with van der Waals surface area (Å²) in [6.07, 6.45) is 4.21. The van der Waals surface area contributed by atoms with Gasteiger partial charge in [0.2, 0.25) is 0 Å². The fourth-order valence-electron chi connectivity index (χ4n) is 6.65. The van der Waals surface area contributed by atoms with E-state index in [0.717, 1.165) is 25.2 Å². The van der Waals surface area contributed by atoms with Gasteiger partial charge in [0, 0.05) is 43.5 Å². The molecule has 3 heterocycles. The van der Waals surface area contributed by atoms with E-state index < -0.39 is 17.1 Å². The molecule has 0 amide bonds. The van der Waals surface area contributed by atoms with Crippen LogP contribution in [-0.2, 0) is 14.3 Å². The van der Waals surface area contributed by atoms with Crippen molar-refractivity contribution < 1.29 is 28.9 Å². The SMILES string of the molecule is CC(C)=CC[C@@]12OC[C@@H]3[C@@H](CN4CCOCC4)[C@@H](C=C4C(=O)c5c(O)cccc5O[C@]431)C2=O. The molecule has 7 nitrogen and oxygen atoms in total. The number of hydrogen-bond donors (Lipinski definition) is 1. The first-order valence-corrected chi connectivity index (χ1v) is 11.8. The van der Waals surface area contributed by atoms with Crippen LogP contribution in [0.15, 0.2) is 41.5 Å². The minimum atomic E-state index is -1.23. The number of benzene rings is 1. The smallest absolute Gasteiger partial charge is 0.200 e. The maximum Gasteiger partial charge on any atom is 0.200 e. The van der Waals surface area contributed by atoms with E-state index in [4.69, 9.17) is 14.2 Å². The number of nitrogens with zero attached hydrogens (tertiary/aromatic N) is 1. The highest BCUT2D eigenvalue weighted by atomic mass is 16.6. The molecule has 3 aliphatic heterocycles. The molecule has 174 valence electrons. The Hall–Kier alpha value is -2.48. The van der Waals surface area contributed by atoms with Crippen molar-refractivity contribution in [1.82, 2.24) is 4.90 Å². The molecular formula is C26H29NO6. The quantitative estimate of drug-likeness (QED) is 0.704. The summed E-state index contributed by atoms with van der Waals surface area (Å²) in [7, 11) is 0. The van der Waals surface area contributed by atoms with Crippen LogP contribution in [0.4, 0.5) is 0 Å². The molecular weight excluding hydrogens is 422 g/mol. The number of ether oxygens (including phenoxy) is 3. The van der Waals surface area contributed by atoms with Crippen molar-refractivity contribution in [1.29, 1.82) is 0 Å². The highest BCUT2D eigenvalue weighted by molar-refractivity contribution is 6.18. The number of carbonyl (C=O) groups excluding carboxylic acids is 2. The molecule has 1 N–H and O–H groups in total. The maximum atomic E-state index is 14.1. The van der Waals surface area contributed by atoms with Gasteiger partial charge < -0.3 is 19.3 Å². The van der Waals surface area contributed by atoms with Gasteiger partial charge in [-0.25, -0.2) is 0 Å². The Kier molecular flexibility index (Phi) is 4.64. The molecule has 0 radical (unpaired) electrons. The number of aromatic hydroxyl groups is 1. The Morgan fingerprint density at radius 3 is 2.79 bits per heavy atom. The summed E-state index contributed by atoms with van der Waals surface area (Å²) in [5, 5.41) is 10.4. The summed E-state index contributed by atoms with van der Waals surface area (Å²) in [5.74, 6) is -0.574. The van der Waals surface area contributed by atoms with Crippen molar-refractivity contribution in [3.8, 4) is 11.5 Å². The first kappa shape index (κ1) is 21.1. The molecule has 2 saturated heterocycles. The van der Waals surface area contributed by atoms with Gasteiger partial charge in [-0.1, -0.05) is 23.8 Å². The van der Waals surface area contributed by atoms with Gasteiger partial charge in [-0.3, -0.25) is 14.5 Å². The van der Waals surface area contributed by atoms with Crippen LogP contribution in [0.5, 0.6) is 11.5 Å². The number of phenols is 1. The molecule has 6 aliphatic rings. The van der Waals surface area contributed by atoms with E-state index in [1.54, 1.807) is 12.1 Å². The summed E-state index contributed by atoms with van der Waals surface area (Å²) in [6, 6.07) is 4.87. The maximum absolute atomic E-state index is 14.1. The van der Waals surface area contributed by atoms with Gasteiger partial charge in [-0.15, -0.1) is 0 Å². The van der Waals surface area contributed by atoms with Gasteiger partial charge >= 0.3 is 0 Å². The zero-order chi connectivity index (χ0) is 23.0. The average Bonchev–Trinajstić information content (AvgIpc) is 3.08. The van der Waals surface area contributed by atoms with Crippen LogP contribution in [0.3, 0.4) is 0 Å². The molecule has 5 atom stereocenters. The molecule has 0 unspecified atom stereocenters. The van der Waals surface area contributed by atoms with Crippen LogP contribution in [0.2, 0.25) is 0 Å². The van der Waals surface area contributed by atoms with Crippen molar-refractivity contribution in [3.05, 3.63) is 47.1 Å². The van der Waals surface area contributed by atoms with E-state index in [1.165, 1.54) is 6.07 Å². The molecule has 1 aromatic rings. The number of Topliss-reactive ketones (excluding diaryl/α,β-unsaturated/α-hetero) is 2. The molecule has 1 aromatic carbocycles. The van der Waals surface area contributed by atoms with Crippen molar-refractivity contribution in [2.45, 2.75) is 31.5 Å². The lowest BCUT2D eigenvalue weighted by atomic mass is 9.49. The van der Waals surface area contributed by atoms with E-state index in [0.29, 0.717) is 37.6 Å². The molecule has 3 fully saturated rings. The predicted octanol–water partition coefficient (Wildman–Crippen LogP) is 2.53. The van der Waals surface area contributed by atoms with Gasteiger partial charge in [0.15, 0.2) is 22.8 Å². The number of carbonyl (C=O) groups is 2. The second kappa shape index (κ2) is 7.26. The van der Waals surface area contributed by atoms with Crippen molar-refractivity contribution >= 4 is 11.6 Å². The third kappa shape index (κ3) is 2.67. The second-order valence-corrected chi connectivity index (χ2v) is 10.1. The van der Waals surface area contributed by atoms with Gasteiger partial charge in [0.25, 0.3) is 0 Å². The van der Waals surface area contributed by atoms with Crippen LogP contribution in [0.1, 0.15) is 30.6 Å². The van der Waals surface area contributed by atoms with E-state index in [2.05, 4.69) is 4.90 Å². The Morgan fingerprint density at radius 1 is 1.24 bits per heavy atom. The molecule has 7 rings (SSSR count). The van der Waals surface area contributed by atoms with Crippen LogP contribution in [0.25, 0.3) is 0 Å². The number of phenolic OH excluding ortho intramolecular Hbond substituents is 1. The number of ketones is 2. The molecule has 33 heavy (non-hydrogen) atoms. The molecule has 1 saturated carbocycles. The summed E-state index contributed by atoms with van der Waals surface area (Å²) in [6.45, 7) is 8.11. The predicted molar refractivity (Wildman–Crippen MR) is 119 cm³/mol. The summed E-state index contributed by atoms with van der Waals surface area (Å²) in [5.41, 5.74) is -0.679. The van der Waals surface area contributed by atoms with Crippen LogP contribution >= 0.6 is 0 Å². The molecule has 4 bridgehead atoms. The molecule has 0 aromatic heterocycles. The average molecular weight is 452 g/mol. The highest BCUT2D eigenvalue weighted by Gasteiger charge is 2.79. The van der Waals surface area contributed by atoms with E-state index in [1.807, 2.05) is 26.0 Å². The van der Waals surface area contributed by atoms with Crippen LogP contribution in [0, 0.1) is 17.8 Å². The lowest BCUT2D eigenvalue weighted by Crippen LogP contribution is -2.74. The third-order valence-electron chi connectivity index (χ3n) is 8.17. The number of fused-ring (bicyclic) bond motifs is 1. The van der Waals surface area contributed by atoms with Crippen LogP contribution < -0.4 is 4.74 Å². The lowest BCUT2D eigenvalue weighted by Gasteiger charge is -2.58. The van der Waals surface area contributed by atoms with Crippen LogP contribution in [-0.4, -0.2) is 72.2 Å². The Morgan fingerprint density at radius 2 is 2.03 bits per heavy atom. The van der Waals surface area contributed by atoms with Gasteiger partial charge in [0.1, 0.15) is 17.1 Å². The van der Waals surface area contributed by atoms with Crippen molar-refractivity contribution in [2.24, 2.45) is 17.8 Å². The summed E-state index contributed by atoms with van der Waals surface area (Å²) < 4.78 is 18.6. The van der Waals surface area contributed by atoms with Gasteiger partial charge in [0.05, 0.1) is 19.8 Å². The standard InChI is InChI=1S/C26H29NO6/c1-15(2)6-7-25-24(30)16-12-18-23(29)22-20(28)4-3-5-21(22)33-26(18,25)19(14-32-25)17(16)13-27-8-10-31-11-9-27/h3-6,12,16-17,19,28H,7-11,13-14H2,1-2H3/t16-,17+,19-,25+,26-/m1/s1. The summed E-state index contributed by atoms with van der Waals surface area (Å²) >= 11 is 0. The summed E-state index contributed by atoms with van der Waals surface area (Å²) in [4.78, 5) is 30.2. The number of morpholine rings is 1. The minimum absolute atomic E-state index is 0.00617. The van der Waals surface area contributed by atoms with Gasteiger partial charge in [-0.05, 0) is 31.9 Å². The van der Waals surface area contributed by atoms with E-state index in [-0.39, 0.29) is 34.7 Å². The first-order chi connectivity index (χ1) is 15.9. The largest absolute Gasteiger partial charge is 0.507 e. The lowest BCUT2D eigenvalue weighted by molar-refractivity contribution is -0.171. The fourth-order valence-corrected chi connectivity index (χ4v) is 6.65. The topological polar surface area (TPSA) is 85.3 Å². The second-order valence-electron chi connectivity index (χ2n) is 10.1. The molecule has 3 aliphatic carbocycles. The normalized spacial score (nSPS) is 36.7. The Bertz CT molecular complexity index is 1100. The zero-order valence-corrected chi connectivity index (χ0v) is 19.0. The highest BCUT2D eigenvalue weighted by Crippen LogP contribution is 2.65. The third-order valence-corrected chi connectivity index (χ3v) is 8.17. The number of hydrogen-bond acceptors (Lipinski definition) is 7. The Labute approximate surface area is 193 Å². The fraction of sp³-hybridized carbons (Fsp3) is 0.538. The molecule has 1 spiro atoms. The monoisotopic (exact) mass is 451 g/mol. The van der Waals surface area contributed by atoms with Crippen molar-refractivity contribution in [2.75, 3.05) is 39.5 Å². The molecule has 7 heteroatoms. The van der Waals surface area contributed by atoms with Gasteiger partial charge in [-0.2, -0.15) is 0 Å². The Balaban J connectivity index is 1.51. The van der Waals surface area contributed by atoms with Crippen molar-refractivity contribution in [3.63, 3.8) is 0 Å². The minimum Gasteiger partial charge on any atom is -0.507 e. The number of rotatable bonds is 4. The first-order valence-electron chi connectivity index (χ1n) is 11.8. The zero-order valence-electron chi connectivity index (χ0n) is 19.0. The number of allylic oxidation sites excluding steroid dienone is 2.